The van der Waals surface area contributed by atoms with Crippen LogP contribution in [0.1, 0.15) is 18.0 Å². The second-order valence-corrected chi connectivity index (χ2v) is 7.99. The molecule has 1 aromatic carbocycles. The highest BCUT2D eigenvalue weighted by atomic mass is 32.2. The molecule has 1 atom stereocenters. The Morgan fingerprint density at radius 2 is 2.03 bits per heavy atom. The molecule has 1 amide bonds. The van der Waals surface area contributed by atoms with Gasteiger partial charge in [-0.05, 0) is 23.8 Å². The van der Waals surface area contributed by atoms with Crippen molar-refractivity contribution >= 4 is 28.7 Å². The summed E-state index contributed by atoms with van der Waals surface area (Å²) in [7, 11) is 0. The van der Waals surface area contributed by atoms with Crippen LogP contribution in [-0.4, -0.2) is 36.0 Å². The number of rotatable bonds is 5. The monoisotopic (exact) mass is 418 g/mol. The van der Waals surface area contributed by atoms with Gasteiger partial charge in [0.25, 0.3) is 5.56 Å². The number of pyridine rings is 1. The third kappa shape index (κ3) is 3.37. The molecule has 1 aliphatic heterocycles. The van der Waals surface area contributed by atoms with E-state index in [0.717, 1.165) is 11.3 Å². The number of hydrogen-bond acceptors (Lipinski definition) is 6. The Kier molecular flexibility index (Phi) is 4.80. The number of aromatic nitrogens is 5. The topological polar surface area (TPSA) is 94.7 Å². The van der Waals surface area contributed by atoms with Crippen molar-refractivity contribution in [2.75, 3.05) is 5.75 Å². The third-order valence-corrected chi connectivity index (χ3v) is 6.10. The number of carbonyl (C=O) groups excluding carboxylic acids is 1. The number of nitrogens with one attached hydrogen (secondary N) is 1. The molecule has 3 aromatic heterocycles. The quantitative estimate of drug-likeness (QED) is 0.500. The van der Waals surface area contributed by atoms with Crippen LogP contribution in [0, 0.1) is 0 Å². The van der Waals surface area contributed by atoms with Crippen molar-refractivity contribution in [3.63, 3.8) is 0 Å². The minimum atomic E-state index is -0.233. The Morgan fingerprint density at radius 3 is 2.83 bits per heavy atom. The van der Waals surface area contributed by atoms with Crippen molar-refractivity contribution in [3.05, 3.63) is 77.0 Å². The Labute approximate surface area is 176 Å². The normalized spacial score (nSPS) is 15.3. The first kappa shape index (κ1) is 18.6. The van der Waals surface area contributed by atoms with Gasteiger partial charge >= 0.3 is 0 Å². The fraction of sp³-hybridized carbons (Fsp3) is 0.190. The van der Waals surface area contributed by atoms with Crippen molar-refractivity contribution < 1.29 is 4.79 Å². The van der Waals surface area contributed by atoms with Crippen LogP contribution in [0.15, 0.2) is 71.0 Å². The number of benzene rings is 1. The van der Waals surface area contributed by atoms with Crippen molar-refractivity contribution in [1.82, 2.24) is 29.6 Å². The lowest BCUT2D eigenvalue weighted by Crippen LogP contribution is -2.30. The van der Waals surface area contributed by atoms with Crippen LogP contribution in [0.4, 0.5) is 0 Å². The number of para-hydroxylation sites is 1. The number of nitrogens with zero attached hydrogens (tertiary/aromatic N) is 5. The summed E-state index contributed by atoms with van der Waals surface area (Å²) >= 11 is 1.49. The number of hydrogen-bond donors (Lipinski definition) is 1. The molecular weight excluding hydrogens is 400 g/mol. The first-order valence-electron chi connectivity index (χ1n) is 9.55. The largest absolute Gasteiger partial charge is 0.352 e. The molecule has 8 nitrogen and oxygen atoms in total. The van der Waals surface area contributed by atoms with E-state index >= 15 is 0 Å². The van der Waals surface area contributed by atoms with Crippen molar-refractivity contribution in [2.24, 2.45) is 0 Å². The second-order valence-electron chi connectivity index (χ2n) is 7.01. The second kappa shape index (κ2) is 7.75. The number of carbonyl (C=O) groups is 1. The zero-order valence-electron chi connectivity index (χ0n) is 15.9. The summed E-state index contributed by atoms with van der Waals surface area (Å²) in [6.45, 7) is 0.412. The number of fused-ring (bicyclic) bond motifs is 2. The minimum Gasteiger partial charge on any atom is -0.352 e. The fourth-order valence-electron chi connectivity index (χ4n) is 3.53. The molecule has 0 fully saturated rings. The van der Waals surface area contributed by atoms with Crippen LogP contribution < -0.4 is 10.9 Å². The molecule has 5 rings (SSSR count). The summed E-state index contributed by atoms with van der Waals surface area (Å²) < 4.78 is 3.31. The van der Waals surface area contributed by atoms with Crippen LogP contribution in [-0.2, 0) is 11.3 Å². The highest BCUT2D eigenvalue weighted by molar-refractivity contribution is 7.99. The average molecular weight is 418 g/mol. The van der Waals surface area contributed by atoms with E-state index in [-0.39, 0.29) is 23.9 Å². The van der Waals surface area contributed by atoms with E-state index in [1.807, 2.05) is 42.5 Å². The van der Waals surface area contributed by atoms with Crippen molar-refractivity contribution in [1.29, 1.82) is 0 Å². The van der Waals surface area contributed by atoms with Crippen LogP contribution in [0.5, 0.6) is 0 Å². The maximum Gasteiger partial charge on any atom is 0.265 e. The van der Waals surface area contributed by atoms with Gasteiger partial charge in [-0.3, -0.25) is 19.1 Å². The molecule has 150 valence electrons. The van der Waals surface area contributed by atoms with Gasteiger partial charge in [0.05, 0.1) is 17.9 Å². The lowest BCUT2D eigenvalue weighted by molar-refractivity contribution is -0.121. The lowest BCUT2D eigenvalue weighted by Gasteiger charge is -2.13. The van der Waals surface area contributed by atoms with E-state index in [1.165, 1.54) is 11.8 Å². The molecule has 0 radical (unpaired) electrons. The van der Waals surface area contributed by atoms with Gasteiger partial charge in [0, 0.05) is 31.1 Å². The van der Waals surface area contributed by atoms with E-state index in [0.29, 0.717) is 28.5 Å². The predicted octanol–water partition coefficient (Wildman–Crippen LogP) is 2.33. The first-order chi connectivity index (χ1) is 14.7. The minimum absolute atomic E-state index is 0.107. The SMILES string of the molecule is O=C(C[C@@H]1CSc2nc3c(cnn3-c3ccccc3)c(=O)n21)NCc1cccnc1. The van der Waals surface area contributed by atoms with Gasteiger partial charge in [-0.15, -0.1) is 0 Å². The molecule has 0 spiro atoms. The van der Waals surface area contributed by atoms with Gasteiger partial charge in [-0.1, -0.05) is 36.0 Å². The number of thioether (sulfide) groups is 1. The van der Waals surface area contributed by atoms with E-state index in [2.05, 4.69) is 15.4 Å². The smallest absolute Gasteiger partial charge is 0.265 e. The summed E-state index contributed by atoms with van der Waals surface area (Å²) in [6, 6.07) is 13.1. The summed E-state index contributed by atoms with van der Waals surface area (Å²) in [4.78, 5) is 34.3. The summed E-state index contributed by atoms with van der Waals surface area (Å²) in [5.74, 6) is 0.526. The summed E-state index contributed by atoms with van der Waals surface area (Å²) in [5, 5.41) is 8.33. The van der Waals surface area contributed by atoms with Gasteiger partial charge in [0.15, 0.2) is 10.8 Å². The van der Waals surface area contributed by atoms with E-state index in [9.17, 15) is 9.59 Å². The molecule has 4 aromatic rings. The van der Waals surface area contributed by atoms with Crippen LogP contribution in [0.3, 0.4) is 0 Å². The first-order valence-corrected chi connectivity index (χ1v) is 10.5. The van der Waals surface area contributed by atoms with Gasteiger partial charge < -0.3 is 5.32 Å². The van der Waals surface area contributed by atoms with Gasteiger partial charge in [0.1, 0.15) is 5.39 Å². The Hall–Kier alpha value is -3.46. The zero-order valence-corrected chi connectivity index (χ0v) is 16.7. The lowest BCUT2D eigenvalue weighted by atomic mass is 10.2. The molecule has 30 heavy (non-hydrogen) atoms. The summed E-state index contributed by atoms with van der Waals surface area (Å²) in [5.41, 5.74) is 2.15. The molecule has 0 saturated heterocycles. The predicted molar refractivity (Wildman–Crippen MR) is 114 cm³/mol. The molecule has 0 bridgehead atoms. The van der Waals surface area contributed by atoms with Gasteiger partial charge in [-0.2, -0.15) is 5.10 Å². The zero-order chi connectivity index (χ0) is 20.5. The molecule has 1 N–H and O–H groups in total. The van der Waals surface area contributed by atoms with Gasteiger partial charge in [-0.25, -0.2) is 9.67 Å². The van der Waals surface area contributed by atoms with Crippen molar-refractivity contribution in [2.45, 2.75) is 24.2 Å². The highest BCUT2D eigenvalue weighted by Gasteiger charge is 2.29. The standard InChI is InChI=1S/C21H18N6O2S/c28-18(23-11-14-5-4-8-22-10-14)9-16-13-30-21-25-19-17(20(29)26(16)21)12-24-27(19)15-6-2-1-3-7-15/h1-8,10,12,16H,9,11,13H2,(H,23,28)/t16-/m1/s1. The summed E-state index contributed by atoms with van der Waals surface area (Å²) in [6.07, 6.45) is 5.18. The molecule has 0 unspecified atom stereocenters. The third-order valence-electron chi connectivity index (χ3n) is 5.00. The maximum atomic E-state index is 13.2. The number of amides is 1. The van der Waals surface area contributed by atoms with E-state index < -0.39 is 0 Å². The maximum absolute atomic E-state index is 13.2. The van der Waals surface area contributed by atoms with E-state index in [1.54, 1.807) is 27.8 Å². The molecule has 0 saturated carbocycles. The molecular formula is C21H18N6O2S. The Balaban J connectivity index is 1.39. The van der Waals surface area contributed by atoms with Crippen molar-refractivity contribution in [3.8, 4) is 5.69 Å². The van der Waals surface area contributed by atoms with Crippen LogP contribution in [0.25, 0.3) is 16.7 Å². The Bertz CT molecular complexity index is 1270. The van der Waals surface area contributed by atoms with E-state index in [4.69, 9.17) is 4.98 Å². The Morgan fingerprint density at radius 1 is 1.17 bits per heavy atom. The molecule has 9 heteroatoms. The highest BCUT2D eigenvalue weighted by Crippen LogP contribution is 2.33. The molecule has 0 aliphatic carbocycles. The van der Waals surface area contributed by atoms with Crippen LogP contribution in [0.2, 0.25) is 0 Å². The molecule has 4 heterocycles. The average Bonchev–Trinajstić information content (AvgIpc) is 3.39. The van der Waals surface area contributed by atoms with Crippen LogP contribution >= 0.6 is 11.8 Å². The van der Waals surface area contributed by atoms with Gasteiger partial charge in [0.2, 0.25) is 5.91 Å². The molecule has 1 aliphatic rings. The fourth-order valence-corrected chi connectivity index (χ4v) is 4.66.